The second kappa shape index (κ2) is 4.33. The van der Waals surface area contributed by atoms with E-state index in [1.807, 2.05) is 29.8 Å². The zero-order valence-corrected chi connectivity index (χ0v) is 9.22. The van der Waals surface area contributed by atoms with Gasteiger partial charge in [0, 0.05) is 19.5 Å². The highest BCUT2D eigenvalue weighted by Crippen LogP contribution is 2.20. The van der Waals surface area contributed by atoms with Crippen LogP contribution in [0.1, 0.15) is 24.4 Å². The molecule has 0 aliphatic heterocycles. The fourth-order valence-corrected chi connectivity index (χ4v) is 1.77. The summed E-state index contributed by atoms with van der Waals surface area (Å²) >= 11 is 0. The number of nitrogens with zero attached hydrogens (tertiary/aromatic N) is 3. The predicted molar refractivity (Wildman–Crippen MR) is 62.5 cm³/mol. The first-order chi connectivity index (χ1) is 7.72. The van der Waals surface area contributed by atoms with Crippen LogP contribution in [0.15, 0.2) is 24.5 Å². The van der Waals surface area contributed by atoms with Crippen LogP contribution in [0.2, 0.25) is 0 Å². The van der Waals surface area contributed by atoms with E-state index >= 15 is 0 Å². The monoisotopic (exact) mass is 214 g/mol. The Labute approximate surface area is 94.3 Å². The summed E-state index contributed by atoms with van der Waals surface area (Å²) in [4.78, 5) is 4.28. The van der Waals surface area contributed by atoms with Crippen molar-refractivity contribution in [3.63, 3.8) is 0 Å². The minimum atomic E-state index is -0.0777. The van der Waals surface area contributed by atoms with Gasteiger partial charge in [-0.2, -0.15) is 5.26 Å². The summed E-state index contributed by atoms with van der Waals surface area (Å²) in [6.07, 6.45) is 2.96. The molecule has 82 valence electrons. The fraction of sp³-hybridized carbons (Fsp3) is 0.333. The predicted octanol–water partition coefficient (Wildman–Crippen LogP) is 1.88. The van der Waals surface area contributed by atoms with Gasteiger partial charge < -0.3 is 10.3 Å². The molecule has 1 aromatic heterocycles. The Balaban J connectivity index is 2.29. The number of aromatic nitrogens is 2. The van der Waals surface area contributed by atoms with Gasteiger partial charge >= 0.3 is 0 Å². The molecule has 0 aliphatic carbocycles. The Kier molecular flexibility index (Phi) is 2.88. The smallest absolute Gasteiger partial charge is 0.0955 e. The minimum absolute atomic E-state index is 0.0777. The van der Waals surface area contributed by atoms with Crippen molar-refractivity contribution in [1.82, 2.24) is 9.55 Å². The van der Waals surface area contributed by atoms with Gasteiger partial charge in [-0.3, -0.25) is 0 Å². The molecule has 0 saturated heterocycles. The van der Waals surface area contributed by atoms with Crippen molar-refractivity contribution in [2.75, 3.05) is 0 Å². The quantitative estimate of drug-likeness (QED) is 0.848. The number of fused-ring (bicyclic) bond motifs is 1. The summed E-state index contributed by atoms with van der Waals surface area (Å²) in [6, 6.07) is 8.05. The summed E-state index contributed by atoms with van der Waals surface area (Å²) in [5.74, 6) is 0. The number of nitrogens with two attached hydrogens (primary N) is 1. The van der Waals surface area contributed by atoms with E-state index in [1.165, 1.54) is 0 Å². The third kappa shape index (κ3) is 1.90. The van der Waals surface area contributed by atoms with Gasteiger partial charge in [0.15, 0.2) is 0 Å². The fourth-order valence-electron chi connectivity index (χ4n) is 1.77. The van der Waals surface area contributed by atoms with Crippen LogP contribution < -0.4 is 5.73 Å². The van der Waals surface area contributed by atoms with Crippen LogP contribution in [0, 0.1) is 11.3 Å². The maximum Gasteiger partial charge on any atom is 0.0955 e. The van der Waals surface area contributed by atoms with Gasteiger partial charge in [0.05, 0.1) is 23.4 Å². The lowest BCUT2D eigenvalue weighted by molar-refractivity contribution is 0.666. The van der Waals surface area contributed by atoms with Crippen LogP contribution in [0.3, 0.4) is 0 Å². The van der Waals surface area contributed by atoms with Crippen LogP contribution in [0.5, 0.6) is 0 Å². The number of rotatable bonds is 3. The number of benzene rings is 1. The van der Waals surface area contributed by atoms with Gasteiger partial charge in [0.2, 0.25) is 0 Å². The van der Waals surface area contributed by atoms with Crippen LogP contribution >= 0.6 is 0 Å². The molecule has 2 aromatic rings. The number of imidazole rings is 1. The lowest BCUT2D eigenvalue weighted by Gasteiger charge is -2.09. The molecule has 0 amide bonds. The van der Waals surface area contributed by atoms with E-state index in [1.54, 1.807) is 6.33 Å². The van der Waals surface area contributed by atoms with Gasteiger partial charge in [-0.1, -0.05) is 6.07 Å². The second-order valence-corrected chi connectivity index (χ2v) is 3.91. The van der Waals surface area contributed by atoms with Crippen LogP contribution in [-0.4, -0.2) is 9.55 Å². The molecule has 0 spiro atoms. The van der Waals surface area contributed by atoms with E-state index in [4.69, 9.17) is 11.0 Å². The lowest BCUT2D eigenvalue weighted by Crippen LogP contribution is -2.09. The average molecular weight is 214 g/mol. The number of hydrogen-bond acceptors (Lipinski definition) is 3. The highest BCUT2D eigenvalue weighted by atomic mass is 15.0. The molecular formula is C12H14N4. The molecule has 1 heterocycles. The number of nitriles is 1. The van der Waals surface area contributed by atoms with Crippen LogP contribution in [-0.2, 0) is 7.05 Å². The molecule has 4 heteroatoms. The Hall–Kier alpha value is -1.86. The topological polar surface area (TPSA) is 67.6 Å². The highest BCUT2D eigenvalue weighted by Gasteiger charge is 2.07. The molecule has 4 nitrogen and oxygen atoms in total. The van der Waals surface area contributed by atoms with Crippen molar-refractivity contribution in [3.8, 4) is 6.07 Å². The molecule has 1 unspecified atom stereocenters. The average Bonchev–Trinajstić information content (AvgIpc) is 2.67. The maximum atomic E-state index is 8.52. The van der Waals surface area contributed by atoms with Crippen molar-refractivity contribution in [2.24, 2.45) is 12.8 Å². The maximum absolute atomic E-state index is 8.52. The van der Waals surface area contributed by atoms with Gasteiger partial charge in [0.25, 0.3) is 0 Å². The Bertz CT molecular complexity index is 535. The molecule has 2 rings (SSSR count). The van der Waals surface area contributed by atoms with Crippen molar-refractivity contribution in [3.05, 3.63) is 30.1 Å². The van der Waals surface area contributed by atoms with Crippen molar-refractivity contribution in [2.45, 2.75) is 18.9 Å². The first-order valence-electron chi connectivity index (χ1n) is 5.26. The van der Waals surface area contributed by atoms with Gasteiger partial charge in [0.1, 0.15) is 0 Å². The first-order valence-corrected chi connectivity index (χ1v) is 5.26. The van der Waals surface area contributed by atoms with Crippen molar-refractivity contribution < 1.29 is 0 Å². The van der Waals surface area contributed by atoms with Gasteiger partial charge in [-0.15, -0.1) is 0 Å². The summed E-state index contributed by atoms with van der Waals surface area (Å²) in [6.45, 7) is 0. The Morgan fingerprint density at radius 3 is 3.12 bits per heavy atom. The molecule has 0 aliphatic rings. The number of hydrogen-bond donors (Lipinski definition) is 1. The molecule has 0 saturated carbocycles. The standard InChI is InChI=1S/C12H14N4/c1-16-8-15-11-7-9(4-5-12(11)16)10(14)3-2-6-13/h4-5,7-8,10H,2-3,14H2,1H3. The molecule has 0 bridgehead atoms. The summed E-state index contributed by atoms with van der Waals surface area (Å²) in [7, 11) is 1.96. The molecule has 1 atom stereocenters. The van der Waals surface area contributed by atoms with Gasteiger partial charge in [-0.05, 0) is 24.1 Å². The van der Waals surface area contributed by atoms with E-state index < -0.39 is 0 Å². The van der Waals surface area contributed by atoms with Crippen molar-refractivity contribution in [1.29, 1.82) is 5.26 Å². The Morgan fingerprint density at radius 1 is 1.56 bits per heavy atom. The number of aryl methyl sites for hydroxylation is 1. The van der Waals surface area contributed by atoms with Crippen molar-refractivity contribution >= 4 is 11.0 Å². The highest BCUT2D eigenvalue weighted by molar-refractivity contribution is 5.76. The second-order valence-electron chi connectivity index (χ2n) is 3.91. The molecular weight excluding hydrogens is 200 g/mol. The van der Waals surface area contributed by atoms with E-state index in [0.717, 1.165) is 16.6 Å². The SMILES string of the molecule is Cn1cnc2cc(C(N)CCC#N)ccc21. The normalized spacial score (nSPS) is 12.6. The lowest BCUT2D eigenvalue weighted by atomic mass is 10.0. The molecule has 1 aromatic carbocycles. The zero-order valence-electron chi connectivity index (χ0n) is 9.22. The third-order valence-corrected chi connectivity index (χ3v) is 2.74. The molecule has 16 heavy (non-hydrogen) atoms. The molecule has 0 radical (unpaired) electrons. The summed E-state index contributed by atoms with van der Waals surface area (Å²) in [5.41, 5.74) is 9.08. The Morgan fingerprint density at radius 2 is 2.38 bits per heavy atom. The van der Waals surface area contributed by atoms with E-state index in [-0.39, 0.29) is 6.04 Å². The van der Waals surface area contributed by atoms with Crippen LogP contribution in [0.4, 0.5) is 0 Å². The van der Waals surface area contributed by atoms with E-state index in [9.17, 15) is 0 Å². The summed E-state index contributed by atoms with van der Waals surface area (Å²) < 4.78 is 1.97. The van der Waals surface area contributed by atoms with E-state index in [2.05, 4.69) is 11.1 Å². The van der Waals surface area contributed by atoms with E-state index in [0.29, 0.717) is 12.8 Å². The zero-order chi connectivity index (χ0) is 11.5. The largest absolute Gasteiger partial charge is 0.334 e. The summed E-state index contributed by atoms with van der Waals surface area (Å²) in [5, 5.41) is 8.52. The third-order valence-electron chi connectivity index (χ3n) is 2.74. The van der Waals surface area contributed by atoms with Crippen LogP contribution in [0.25, 0.3) is 11.0 Å². The minimum Gasteiger partial charge on any atom is -0.334 e. The molecule has 0 fully saturated rings. The van der Waals surface area contributed by atoms with Gasteiger partial charge in [-0.25, -0.2) is 4.98 Å². The first kappa shape index (κ1) is 10.7. The molecule has 2 N–H and O–H groups in total.